The minimum Gasteiger partial charge on any atom is -0.314 e. The average molecular weight is 362 g/mol. The van der Waals surface area contributed by atoms with Gasteiger partial charge in [0.25, 0.3) is 0 Å². The Morgan fingerprint density at radius 3 is 1.93 bits per heavy atom. The van der Waals surface area contributed by atoms with Crippen molar-refractivity contribution in [1.29, 1.82) is 0 Å². The maximum atomic E-state index is 14.1. The van der Waals surface area contributed by atoms with Crippen molar-refractivity contribution in [2.75, 3.05) is 23.9 Å². The maximum Gasteiger partial charge on any atom is 0.245 e. The summed E-state index contributed by atoms with van der Waals surface area (Å²) < 4.78 is 0. The minimum absolute atomic E-state index is 0.266. The van der Waals surface area contributed by atoms with Gasteiger partial charge in [0, 0.05) is 25.5 Å². The molecule has 0 radical (unpaired) electrons. The summed E-state index contributed by atoms with van der Waals surface area (Å²) in [7, 11) is 3.36. The molecule has 138 valence electrons. The molecule has 2 amide bonds. The van der Waals surface area contributed by atoms with Gasteiger partial charge in [-0.3, -0.25) is 14.4 Å². The molecule has 0 saturated carbocycles. The Balaban J connectivity index is 1.97. The molecule has 2 aromatic carbocycles. The van der Waals surface area contributed by atoms with Crippen LogP contribution in [0.25, 0.3) is 0 Å². The van der Waals surface area contributed by atoms with Crippen LogP contribution in [0, 0.1) is 0 Å². The number of carbonyl (C=O) groups is 3. The van der Waals surface area contributed by atoms with E-state index in [0.717, 1.165) is 11.4 Å². The van der Waals surface area contributed by atoms with Gasteiger partial charge in [0.05, 0.1) is 0 Å². The Hall–Kier alpha value is -2.95. The highest BCUT2D eigenvalue weighted by Crippen LogP contribution is 2.51. The number of nitrogens with zero attached hydrogens (tertiary/aromatic N) is 2. The molecule has 0 N–H and O–H groups in total. The Morgan fingerprint density at radius 2 is 1.33 bits per heavy atom. The van der Waals surface area contributed by atoms with Gasteiger partial charge in [0.1, 0.15) is 10.8 Å². The summed E-state index contributed by atoms with van der Waals surface area (Å²) in [5.41, 5.74) is 0.0508. The van der Waals surface area contributed by atoms with Gasteiger partial charge in [-0.2, -0.15) is 0 Å². The molecule has 0 saturated heterocycles. The van der Waals surface area contributed by atoms with E-state index in [1.165, 1.54) is 9.80 Å². The lowest BCUT2D eigenvalue weighted by Crippen LogP contribution is -2.55. The summed E-state index contributed by atoms with van der Waals surface area (Å²) in [6.07, 6.45) is 0.306. The summed E-state index contributed by atoms with van der Waals surface area (Å²) in [4.78, 5) is 43.7. The number of para-hydroxylation sites is 2. The van der Waals surface area contributed by atoms with Crippen molar-refractivity contribution in [2.24, 2.45) is 0 Å². The predicted molar refractivity (Wildman–Crippen MR) is 104 cm³/mol. The molecule has 5 nitrogen and oxygen atoms in total. The number of Topliss-reactive ketones (excluding diaryl/α,β-unsaturated/α-hetero) is 1. The fourth-order valence-corrected chi connectivity index (χ4v) is 4.75. The van der Waals surface area contributed by atoms with E-state index in [0.29, 0.717) is 17.5 Å². The quantitative estimate of drug-likeness (QED) is 0.789. The summed E-state index contributed by atoms with van der Waals surface area (Å²) in [6.45, 7) is 3.50. The zero-order chi connectivity index (χ0) is 19.6. The van der Waals surface area contributed by atoms with E-state index in [4.69, 9.17) is 0 Å². The smallest absolute Gasteiger partial charge is 0.245 e. The number of benzene rings is 2. The van der Waals surface area contributed by atoms with Gasteiger partial charge in [0.2, 0.25) is 11.8 Å². The van der Waals surface area contributed by atoms with Crippen LogP contribution in [0.15, 0.2) is 48.5 Å². The van der Waals surface area contributed by atoms with Crippen LogP contribution in [-0.4, -0.2) is 31.7 Å². The number of likely N-dealkylation sites (N-methyl/N-ethyl adjacent to an activating group) is 2. The SMILES string of the molecule is CC[C@]1(C(=O)[C@@]2(C)C(=O)N(C)c3ccccc32)C(=O)N(C)c2ccccc21. The molecule has 2 atom stereocenters. The molecule has 0 unspecified atom stereocenters. The van der Waals surface area contributed by atoms with Crippen LogP contribution >= 0.6 is 0 Å². The van der Waals surface area contributed by atoms with Crippen molar-refractivity contribution in [1.82, 2.24) is 0 Å². The van der Waals surface area contributed by atoms with Crippen LogP contribution in [0.2, 0.25) is 0 Å². The molecule has 27 heavy (non-hydrogen) atoms. The Labute approximate surface area is 158 Å². The Kier molecular flexibility index (Phi) is 3.57. The van der Waals surface area contributed by atoms with Crippen molar-refractivity contribution in [2.45, 2.75) is 31.1 Å². The normalized spacial score (nSPS) is 26.4. The summed E-state index contributed by atoms with van der Waals surface area (Å²) >= 11 is 0. The standard InChI is InChI=1S/C22H22N2O3/c1-5-22(15-11-7-9-13-17(15)24(4)20(22)27)18(25)21(2)14-10-6-8-12-16(14)23(3)19(21)26/h6-13H,5H2,1-4H3/t21-,22-/m0/s1. The molecule has 2 aliphatic heterocycles. The van der Waals surface area contributed by atoms with E-state index in [2.05, 4.69) is 0 Å². The topological polar surface area (TPSA) is 57.7 Å². The van der Waals surface area contributed by atoms with Gasteiger partial charge >= 0.3 is 0 Å². The fraction of sp³-hybridized carbons (Fsp3) is 0.318. The maximum absolute atomic E-state index is 14.1. The van der Waals surface area contributed by atoms with E-state index >= 15 is 0 Å². The van der Waals surface area contributed by atoms with Crippen molar-refractivity contribution in [3.63, 3.8) is 0 Å². The number of hydrogen-bond donors (Lipinski definition) is 0. The molecule has 0 bridgehead atoms. The highest BCUT2D eigenvalue weighted by Gasteiger charge is 2.63. The van der Waals surface area contributed by atoms with Crippen LogP contribution in [-0.2, 0) is 25.2 Å². The highest BCUT2D eigenvalue weighted by molar-refractivity contribution is 6.32. The van der Waals surface area contributed by atoms with Crippen LogP contribution < -0.4 is 9.80 Å². The molecule has 0 spiro atoms. The lowest BCUT2D eigenvalue weighted by Gasteiger charge is -2.33. The van der Waals surface area contributed by atoms with Gasteiger partial charge in [-0.15, -0.1) is 0 Å². The van der Waals surface area contributed by atoms with Gasteiger partial charge in [-0.25, -0.2) is 0 Å². The lowest BCUT2D eigenvalue weighted by molar-refractivity contribution is -0.141. The van der Waals surface area contributed by atoms with E-state index in [-0.39, 0.29) is 17.6 Å². The second-order valence-corrected chi connectivity index (χ2v) is 7.48. The second-order valence-electron chi connectivity index (χ2n) is 7.48. The number of ketones is 1. The van der Waals surface area contributed by atoms with Gasteiger partial charge in [0.15, 0.2) is 5.78 Å². The average Bonchev–Trinajstić information content (AvgIpc) is 3.04. The molecule has 0 aromatic heterocycles. The van der Waals surface area contributed by atoms with E-state index in [1.807, 2.05) is 55.5 Å². The molecule has 4 rings (SSSR count). The first-order valence-electron chi connectivity index (χ1n) is 9.12. The van der Waals surface area contributed by atoms with Crippen LogP contribution in [0.5, 0.6) is 0 Å². The van der Waals surface area contributed by atoms with E-state index in [1.54, 1.807) is 21.0 Å². The Morgan fingerprint density at radius 1 is 0.852 bits per heavy atom. The molecule has 0 fully saturated rings. The molecular weight excluding hydrogens is 340 g/mol. The Bertz CT molecular complexity index is 999. The molecular formula is C22H22N2O3. The molecule has 2 aliphatic rings. The fourth-order valence-electron chi connectivity index (χ4n) is 4.75. The summed E-state index contributed by atoms with van der Waals surface area (Å²) in [5.74, 6) is -0.903. The molecule has 5 heteroatoms. The number of fused-ring (bicyclic) bond motifs is 2. The third-order valence-electron chi connectivity index (χ3n) is 6.30. The summed E-state index contributed by atoms with van der Waals surface area (Å²) in [6, 6.07) is 14.7. The molecule has 2 heterocycles. The molecule has 0 aliphatic carbocycles. The van der Waals surface area contributed by atoms with Crippen molar-refractivity contribution in [3.8, 4) is 0 Å². The number of hydrogen-bond acceptors (Lipinski definition) is 3. The number of carbonyl (C=O) groups excluding carboxylic acids is 3. The molecule has 2 aromatic rings. The van der Waals surface area contributed by atoms with Crippen LogP contribution in [0.4, 0.5) is 11.4 Å². The van der Waals surface area contributed by atoms with Gasteiger partial charge in [-0.1, -0.05) is 43.3 Å². The van der Waals surface area contributed by atoms with Crippen LogP contribution in [0.1, 0.15) is 31.4 Å². The van der Waals surface area contributed by atoms with Crippen molar-refractivity contribution in [3.05, 3.63) is 59.7 Å². The minimum atomic E-state index is -1.39. The third kappa shape index (κ3) is 1.86. The van der Waals surface area contributed by atoms with Crippen LogP contribution in [0.3, 0.4) is 0 Å². The summed E-state index contributed by atoms with van der Waals surface area (Å²) in [5, 5.41) is 0. The second kappa shape index (κ2) is 5.52. The van der Waals surface area contributed by atoms with Gasteiger partial charge in [-0.05, 0) is 36.6 Å². The number of anilines is 2. The largest absolute Gasteiger partial charge is 0.314 e. The first-order valence-corrected chi connectivity index (χ1v) is 9.12. The highest BCUT2D eigenvalue weighted by atomic mass is 16.2. The zero-order valence-electron chi connectivity index (χ0n) is 15.9. The van der Waals surface area contributed by atoms with E-state index in [9.17, 15) is 14.4 Å². The third-order valence-corrected chi connectivity index (χ3v) is 6.30. The first kappa shape index (κ1) is 17.5. The lowest BCUT2D eigenvalue weighted by atomic mass is 9.64. The monoisotopic (exact) mass is 362 g/mol. The number of amides is 2. The predicted octanol–water partition coefficient (Wildman–Crippen LogP) is 2.81. The van der Waals surface area contributed by atoms with E-state index < -0.39 is 10.8 Å². The zero-order valence-corrected chi connectivity index (χ0v) is 15.9. The van der Waals surface area contributed by atoms with Crippen molar-refractivity contribution >= 4 is 29.0 Å². The number of rotatable bonds is 3. The van der Waals surface area contributed by atoms with Gasteiger partial charge < -0.3 is 9.80 Å². The first-order chi connectivity index (χ1) is 12.8. The van der Waals surface area contributed by atoms with Crippen molar-refractivity contribution < 1.29 is 14.4 Å².